The standard InChI is InChI=1S/C23H29ClO4S/c1-17-8-11-21(12-9-17)29(25,26)28-16-20(15-27-2)19-10-13-22(23(24)14-19)18-6-4-3-5-7-18/h8-14,18,20H,3-7,15-16H2,1-2H3. The predicted octanol–water partition coefficient (Wildman–Crippen LogP) is 5.83. The van der Waals surface area contributed by atoms with Gasteiger partial charge in [0.25, 0.3) is 10.1 Å². The van der Waals surface area contributed by atoms with E-state index in [2.05, 4.69) is 6.07 Å². The van der Waals surface area contributed by atoms with Crippen molar-refractivity contribution in [2.24, 2.45) is 0 Å². The minimum Gasteiger partial charge on any atom is -0.384 e. The van der Waals surface area contributed by atoms with Gasteiger partial charge < -0.3 is 4.74 Å². The highest BCUT2D eigenvalue weighted by molar-refractivity contribution is 7.86. The van der Waals surface area contributed by atoms with Gasteiger partial charge in [-0.2, -0.15) is 8.42 Å². The highest BCUT2D eigenvalue weighted by Gasteiger charge is 2.22. The zero-order chi connectivity index (χ0) is 20.9. The first-order chi connectivity index (χ1) is 13.9. The van der Waals surface area contributed by atoms with Gasteiger partial charge in [-0.05, 0) is 55.0 Å². The highest BCUT2D eigenvalue weighted by Crippen LogP contribution is 2.37. The lowest BCUT2D eigenvalue weighted by molar-refractivity contribution is 0.153. The van der Waals surface area contributed by atoms with Crippen molar-refractivity contribution in [3.8, 4) is 0 Å². The summed E-state index contributed by atoms with van der Waals surface area (Å²) in [5.41, 5.74) is 3.11. The second-order valence-electron chi connectivity index (χ2n) is 7.82. The smallest absolute Gasteiger partial charge is 0.296 e. The summed E-state index contributed by atoms with van der Waals surface area (Å²) in [4.78, 5) is 0.157. The molecule has 0 heterocycles. The van der Waals surface area contributed by atoms with Gasteiger partial charge in [0.2, 0.25) is 0 Å². The number of hydrogen-bond acceptors (Lipinski definition) is 4. The van der Waals surface area contributed by atoms with Crippen LogP contribution >= 0.6 is 11.6 Å². The van der Waals surface area contributed by atoms with Crippen LogP contribution in [0.1, 0.15) is 60.6 Å². The molecule has 3 rings (SSSR count). The molecule has 0 bridgehead atoms. The number of aryl methyl sites for hydroxylation is 1. The van der Waals surface area contributed by atoms with Crippen LogP contribution in [0.5, 0.6) is 0 Å². The molecule has 1 unspecified atom stereocenters. The maximum Gasteiger partial charge on any atom is 0.296 e. The Hall–Kier alpha value is -1.40. The van der Waals surface area contributed by atoms with Gasteiger partial charge in [-0.3, -0.25) is 4.18 Å². The lowest BCUT2D eigenvalue weighted by Crippen LogP contribution is -2.17. The molecule has 2 aromatic carbocycles. The Bertz CT molecular complexity index is 903. The van der Waals surface area contributed by atoms with Gasteiger partial charge in [0.05, 0.1) is 18.1 Å². The second kappa shape index (κ2) is 10.1. The molecule has 2 aromatic rings. The van der Waals surface area contributed by atoms with Crippen molar-refractivity contribution in [1.29, 1.82) is 0 Å². The van der Waals surface area contributed by atoms with E-state index in [4.69, 9.17) is 20.5 Å². The second-order valence-corrected chi connectivity index (χ2v) is 9.84. The summed E-state index contributed by atoms with van der Waals surface area (Å²) in [6.07, 6.45) is 6.16. The molecule has 1 fully saturated rings. The summed E-state index contributed by atoms with van der Waals surface area (Å²) in [7, 11) is -2.23. The molecule has 0 spiro atoms. The van der Waals surface area contributed by atoms with Crippen molar-refractivity contribution in [2.75, 3.05) is 20.3 Å². The van der Waals surface area contributed by atoms with Crippen LogP contribution in [0.3, 0.4) is 0 Å². The molecule has 29 heavy (non-hydrogen) atoms. The monoisotopic (exact) mass is 436 g/mol. The van der Waals surface area contributed by atoms with Crippen molar-refractivity contribution in [3.63, 3.8) is 0 Å². The van der Waals surface area contributed by atoms with Gasteiger partial charge in [-0.15, -0.1) is 0 Å². The largest absolute Gasteiger partial charge is 0.384 e. The molecule has 158 valence electrons. The average Bonchev–Trinajstić information content (AvgIpc) is 2.72. The SMILES string of the molecule is COCC(COS(=O)(=O)c1ccc(C)cc1)c1ccc(C2CCCCC2)c(Cl)c1. The number of halogens is 1. The van der Waals surface area contributed by atoms with Gasteiger partial charge in [0.15, 0.2) is 0 Å². The zero-order valence-corrected chi connectivity index (χ0v) is 18.6. The summed E-state index contributed by atoms with van der Waals surface area (Å²) < 4.78 is 35.7. The first-order valence-corrected chi connectivity index (χ1v) is 11.9. The lowest BCUT2D eigenvalue weighted by Gasteiger charge is -2.24. The molecule has 0 aromatic heterocycles. The van der Waals surface area contributed by atoms with Crippen LogP contribution < -0.4 is 0 Å². The molecular weight excluding hydrogens is 408 g/mol. The third kappa shape index (κ3) is 5.82. The van der Waals surface area contributed by atoms with Crippen LogP contribution in [0.4, 0.5) is 0 Å². The van der Waals surface area contributed by atoms with Gasteiger partial charge in [0, 0.05) is 18.1 Å². The first kappa shape index (κ1) is 22.3. The molecular formula is C23H29ClO4S. The van der Waals surface area contributed by atoms with Crippen LogP contribution in [0.15, 0.2) is 47.4 Å². The Labute approximate surface area is 179 Å². The maximum atomic E-state index is 12.5. The van der Waals surface area contributed by atoms with Crippen molar-refractivity contribution in [1.82, 2.24) is 0 Å². The van der Waals surface area contributed by atoms with Crippen LogP contribution in [0, 0.1) is 6.92 Å². The molecule has 1 atom stereocenters. The first-order valence-electron chi connectivity index (χ1n) is 10.1. The normalized spacial score (nSPS) is 16.7. The van der Waals surface area contributed by atoms with E-state index in [-0.39, 0.29) is 17.4 Å². The minimum absolute atomic E-state index is 0.00313. The number of ether oxygens (including phenoxy) is 1. The van der Waals surface area contributed by atoms with Gasteiger partial charge >= 0.3 is 0 Å². The van der Waals surface area contributed by atoms with Crippen molar-refractivity contribution < 1.29 is 17.3 Å². The van der Waals surface area contributed by atoms with E-state index < -0.39 is 10.1 Å². The molecule has 1 saturated carbocycles. The molecule has 0 N–H and O–H groups in total. The van der Waals surface area contributed by atoms with E-state index >= 15 is 0 Å². The highest BCUT2D eigenvalue weighted by atomic mass is 35.5. The maximum absolute atomic E-state index is 12.5. The van der Waals surface area contributed by atoms with Crippen LogP contribution in [-0.2, 0) is 19.0 Å². The molecule has 6 heteroatoms. The van der Waals surface area contributed by atoms with Crippen LogP contribution in [0.2, 0.25) is 5.02 Å². The van der Waals surface area contributed by atoms with E-state index in [1.165, 1.54) is 37.7 Å². The van der Waals surface area contributed by atoms with Crippen molar-refractivity contribution >= 4 is 21.7 Å². The van der Waals surface area contributed by atoms with E-state index in [0.29, 0.717) is 12.5 Å². The molecule has 0 aliphatic heterocycles. The Morgan fingerprint density at radius 2 is 1.72 bits per heavy atom. The van der Waals surface area contributed by atoms with E-state index in [1.807, 2.05) is 19.1 Å². The summed E-state index contributed by atoms with van der Waals surface area (Å²) in [6, 6.07) is 12.7. The van der Waals surface area contributed by atoms with E-state index in [1.54, 1.807) is 31.4 Å². The van der Waals surface area contributed by atoms with E-state index in [0.717, 1.165) is 16.1 Å². The van der Waals surface area contributed by atoms with Crippen LogP contribution in [-0.4, -0.2) is 28.7 Å². The van der Waals surface area contributed by atoms with Gasteiger partial charge in [-0.25, -0.2) is 0 Å². The fourth-order valence-electron chi connectivity index (χ4n) is 3.93. The zero-order valence-electron chi connectivity index (χ0n) is 17.1. The fraction of sp³-hybridized carbons (Fsp3) is 0.478. The topological polar surface area (TPSA) is 52.6 Å². The number of benzene rings is 2. The average molecular weight is 437 g/mol. The molecule has 0 amide bonds. The molecule has 1 aliphatic rings. The van der Waals surface area contributed by atoms with Gasteiger partial charge in [-0.1, -0.05) is 60.7 Å². The van der Waals surface area contributed by atoms with Gasteiger partial charge in [0.1, 0.15) is 0 Å². The third-order valence-electron chi connectivity index (χ3n) is 5.64. The summed E-state index contributed by atoms with van der Waals surface area (Å²) >= 11 is 6.61. The summed E-state index contributed by atoms with van der Waals surface area (Å²) in [6.45, 7) is 2.26. The summed E-state index contributed by atoms with van der Waals surface area (Å²) in [5.74, 6) is 0.294. The lowest BCUT2D eigenvalue weighted by atomic mass is 9.83. The van der Waals surface area contributed by atoms with Crippen molar-refractivity contribution in [3.05, 3.63) is 64.2 Å². The molecule has 0 saturated heterocycles. The molecule has 0 radical (unpaired) electrons. The predicted molar refractivity (Wildman–Crippen MR) is 116 cm³/mol. The number of rotatable bonds is 8. The summed E-state index contributed by atoms with van der Waals surface area (Å²) in [5, 5.41) is 0.747. The minimum atomic E-state index is -3.82. The van der Waals surface area contributed by atoms with Crippen molar-refractivity contribution in [2.45, 2.75) is 55.8 Å². The Balaban J connectivity index is 1.73. The number of hydrogen-bond donors (Lipinski definition) is 0. The Kier molecular flexibility index (Phi) is 7.74. The fourth-order valence-corrected chi connectivity index (χ4v) is 5.22. The quantitative estimate of drug-likeness (QED) is 0.488. The third-order valence-corrected chi connectivity index (χ3v) is 7.27. The molecule has 4 nitrogen and oxygen atoms in total. The Morgan fingerprint density at radius 1 is 1.03 bits per heavy atom. The Morgan fingerprint density at radius 3 is 2.34 bits per heavy atom. The van der Waals surface area contributed by atoms with Crippen LogP contribution in [0.25, 0.3) is 0 Å². The van der Waals surface area contributed by atoms with E-state index in [9.17, 15) is 8.42 Å². The number of methoxy groups -OCH3 is 1. The molecule has 1 aliphatic carbocycles.